The summed E-state index contributed by atoms with van der Waals surface area (Å²) in [6, 6.07) is 5.70. The summed E-state index contributed by atoms with van der Waals surface area (Å²) >= 11 is 0. The van der Waals surface area contributed by atoms with Gasteiger partial charge in [0.2, 0.25) is 5.91 Å². The van der Waals surface area contributed by atoms with Gasteiger partial charge in [-0.3, -0.25) is 4.79 Å². The first-order valence-electron chi connectivity index (χ1n) is 6.55. The maximum atomic E-state index is 11.4. The summed E-state index contributed by atoms with van der Waals surface area (Å²) in [4.78, 5) is 11.4. The molecule has 104 valence electrons. The van der Waals surface area contributed by atoms with Crippen LogP contribution in [-0.2, 0) is 11.3 Å². The lowest BCUT2D eigenvalue weighted by atomic mass is 10.2. The van der Waals surface area contributed by atoms with Crippen LogP contribution in [0.3, 0.4) is 0 Å². The van der Waals surface area contributed by atoms with Crippen molar-refractivity contribution in [3.8, 4) is 11.5 Å². The number of amides is 1. The van der Waals surface area contributed by atoms with E-state index in [4.69, 9.17) is 4.74 Å². The largest absolute Gasteiger partial charge is 0.504 e. The first-order chi connectivity index (χ1) is 9.19. The molecule has 0 bridgehead atoms. The minimum absolute atomic E-state index is 0.104. The molecular formula is C14H20N2O3. The van der Waals surface area contributed by atoms with Crippen LogP contribution in [0.1, 0.15) is 24.8 Å². The number of hydrogen-bond donors (Lipinski definition) is 3. The molecule has 3 N–H and O–H groups in total. The first kappa shape index (κ1) is 13.7. The van der Waals surface area contributed by atoms with Gasteiger partial charge in [-0.15, -0.1) is 0 Å². The van der Waals surface area contributed by atoms with Crippen LogP contribution in [0.4, 0.5) is 0 Å². The lowest BCUT2D eigenvalue weighted by Gasteiger charge is -2.08. The average Bonchev–Trinajstić information content (AvgIpc) is 3.19. The van der Waals surface area contributed by atoms with Crippen LogP contribution >= 0.6 is 0 Å². The van der Waals surface area contributed by atoms with Crippen LogP contribution in [0, 0.1) is 0 Å². The molecule has 0 radical (unpaired) electrons. The number of hydrogen-bond acceptors (Lipinski definition) is 4. The van der Waals surface area contributed by atoms with Gasteiger partial charge in [0, 0.05) is 25.6 Å². The second kappa shape index (κ2) is 6.43. The summed E-state index contributed by atoms with van der Waals surface area (Å²) in [5.74, 6) is 0.702. The number of phenols is 1. The molecule has 1 aliphatic carbocycles. The second-order valence-corrected chi connectivity index (χ2v) is 4.77. The molecular weight excluding hydrogens is 244 g/mol. The molecule has 0 spiro atoms. The SMILES string of the molecule is COc1ccc(CNCCC(=O)NC2CC2)cc1O. The van der Waals surface area contributed by atoms with Crippen molar-refractivity contribution < 1.29 is 14.6 Å². The first-order valence-corrected chi connectivity index (χ1v) is 6.55. The standard InChI is InChI=1S/C14H20N2O3/c1-19-13-5-2-10(8-12(13)17)9-15-7-6-14(18)16-11-3-4-11/h2,5,8,11,15,17H,3-4,6-7,9H2,1H3,(H,16,18). The van der Waals surface area contributed by atoms with Crippen molar-refractivity contribution in [1.29, 1.82) is 0 Å². The quantitative estimate of drug-likeness (QED) is 0.646. The molecule has 0 atom stereocenters. The van der Waals surface area contributed by atoms with Crippen molar-refractivity contribution in [3.63, 3.8) is 0 Å². The number of nitrogens with one attached hydrogen (secondary N) is 2. The van der Waals surface area contributed by atoms with E-state index in [2.05, 4.69) is 10.6 Å². The van der Waals surface area contributed by atoms with Crippen molar-refractivity contribution in [2.24, 2.45) is 0 Å². The maximum absolute atomic E-state index is 11.4. The molecule has 1 aliphatic rings. The maximum Gasteiger partial charge on any atom is 0.221 e. The van der Waals surface area contributed by atoms with E-state index in [0.29, 0.717) is 31.3 Å². The molecule has 1 amide bonds. The molecule has 5 heteroatoms. The van der Waals surface area contributed by atoms with E-state index in [9.17, 15) is 9.90 Å². The van der Waals surface area contributed by atoms with Gasteiger partial charge in [-0.2, -0.15) is 0 Å². The lowest BCUT2D eigenvalue weighted by molar-refractivity contribution is -0.121. The van der Waals surface area contributed by atoms with Gasteiger partial charge in [-0.05, 0) is 30.5 Å². The highest BCUT2D eigenvalue weighted by Crippen LogP contribution is 2.26. The summed E-state index contributed by atoms with van der Waals surface area (Å²) in [6.07, 6.45) is 2.72. The molecule has 5 nitrogen and oxygen atoms in total. The molecule has 19 heavy (non-hydrogen) atoms. The Balaban J connectivity index is 1.67. The van der Waals surface area contributed by atoms with Gasteiger partial charge in [0.05, 0.1) is 7.11 Å². The van der Waals surface area contributed by atoms with Crippen molar-refractivity contribution in [3.05, 3.63) is 23.8 Å². The van der Waals surface area contributed by atoms with E-state index < -0.39 is 0 Å². The summed E-state index contributed by atoms with van der Waals surface area (Å²) in [5.41, 5.74) is 0.959. The topological polar surface area (TPSA) is 70.6 Å². The molecule has 1 aromatic rings. The van der Waals surface area contributed by atoms with Gasteiger partial charge in [0.15, 0.2) is 11.5 Å². The Morgan fingerprint density at radius 2 is 2.26 bits per heavy atom. The third-order valence-corrected chi connectivity index (χ3v) is 3.04. The number of ether oxygens (including phenoxy) is 1. The molecule has 1 fully saturated rings. The third-order valence-electron chi connectivity index (χ3n) is 3.04. The number of benzene rings is 1. The molecule has 0 unspecified atom stereocenters. The molecule has 0 heterocycles. The molecule has 1 aromatic carbocycles. The van der Waals surface area contributed by atoms with Gasteiger partial charge in [-0.25, -0.2) is 0 Å². The van der Waals surface area contributed by atoms with Gasteiger partial charge in [-0.1, -0.05) is 6.07 Å². The van der Waals surface area contributed by atoms with E-state index in [1.54, 1.807) is 12.1 Å². The van der Waals surface area contributed by atoms with E-state index in [-0.39, 0.29) is 11.7 Å². The zero-order chi connectivity index (χ0) is 13.7. The fourth-order valence-electron chi connectivity index (χ4n) is 1.81. The zero-order valence-corrected chi connectivity index (χ0v) is 11.1. The Morgan fingerprint density at radius 3 is 2.89 bits per heavy atom. The Hall–Kier alpha value is -1.75. The van der Waals surface area contributed by atoms with Crippen LogP contribution in [-0.4, -0.2) is 30.7 Å². The van der Waals surface area contributed by atoms with Crippen molar-refractivity contribution in [2.45, 2.75) is 31.8 Å². The summed E-state index contributed by atoms with van der Waals surface area (Å²) in [5, 5.41) is 15.7. The number of carbonyl (C=O) groups excluding carboxylic acids is 1. The molecule has 2 rings (SSSR count). The van der Waals surface area contributed by atoms with E-state index in [1.807, 2.05) is 6.07 Å². The minimum Gasteiger partial charge on any atom is -0.504 e. The monoisotopic (exact) mass is 264 g/mol. The Kier molecular flexibility index (Phi) is 4.63. The Bertz CT molecular complexity index is 444. The molecule has 0 aromatic heterocycles. The van der Waals surface area contributed by atoms with Crippen LogP contribution in [0.25, 0.3) is 0 Å². The van der Waals surface area contributed by atoms with Crippen molar-refractivity contribution in [1.82, 2.24) is 10.6 Å². The fourth-order valence-corrected chi connectivity index (χ4v) is 1.81. The number of carbonyl (C=O) groups is 1. The predicted octanol–water partition coefficient (Wildman–Crippen LogP) is 1.16. The molecule has 0 aliphatic heterocycles. The highest BCUT2D eigenvalue weighted by molar-refractivity contribution is 5.76. The van der Waals surface area contributed by atoms with Crippen LogP contribution in [0.15, 0.2) is 18.2 Å². The lowest BCUT2D eigenvalue weighted by Crippen LogP contribution is -2.28. The van der Waals surface area contributed by atoms with Crippen molar-refractivity contribution in [2.75, 3.05) is 13.7 Å². The van der Waals surface area contributed by atoms with E-state index >= 15 is 0 Å². The predicted molar refractivity (Wildman–Crippen MR) is 72.1 cm³/mol. The van der Waals surface area contributed by atoms with Crippen LogP contribution in [0.2, 0.25) is 0 Å². The Labute approximate surface area is 113 Å². The van der Waals surface area contributed by atoms with E-state index in [0.717, 1.165) is 18.4 Å². The second-order valence-electron chi connectivity index (χ2n) is 4.77. The highest BCUT2D eigenvalue weighted by atomic mass is 16.5. The number of rotatable bonds is 7. The Morgan fingerprint density at radius 1 is 1.47 bits per heavy atom. The number of aromatic hydroxyl groups is 1. The highest BCUT2D eigenvalue weighted by Gasteiger charge is 2.22. The summed E-state index contributed by atoms with van der Waals surface area (Å²) in [6.45, 7) is 1.25. The van der Waals surface area contributed by atoms with E-state index in [1.165, 1.54) is 7.11 Å². The van der Waals surface area contributed by atoms with Gasteiger partial charge in [0.25, 0.3) is 0 Å². The third kappa shape index (κ3) is 4.44. The summed E-state index contributed by atoms with van der Waals surface area (Å²) < 4.78 is 4.98. The summed E-state index contributed by atoms with van der Waals surface area (Å²) in [7, 11) is 1.52. The molecule has 0 saturated heterocycles. The van der Waals surface area contributed by atoms with Gasteiger partial charge < -0.3 is 20.5 Å². The minimum atomic E-state index is 0.104. The van der Waals surface area contributed by atoms with Gasteiger partial charge >= 0.3 is 0 Å². The van der Waals surface area contributed by atoms with Gasteiger partial charge in [0.1, 0.15) is 0 Å². The van der Waals surface area contributed by atoms with Crippen LogP contribution in [0.5, 0.6) is 11.5 Å². The zero-order valence-electron chi connectivity index (χ0n) is 11.1. The average molecular weight is 264 g/mol. The fraction of sp³-hybridized carbons (Fsp3) is 0.500. The van der Waals surface area contributed by atoms with Crippen LogP contribution < -0.4 is 15.4 Å². The number of phenolic OH excluding ortho intramolecular Hbond substituents is 1. The van der Waals surface area contributed by atoms with Crippen molar-refractivity contribution >= 4 is 5.91 Å². The number of methoxy groups -OCH3 is 1. The molecule has 1 saturated carbocycles. The smallest absolute Gasteiger partial charge is 0.221 e. The normalized spacial score (nSPS) is 14.2.